The highest BCUT2D eigenvalue weighted by atomic mass is 35.5. The highest BCUT2D eigenvalue weighted by Crippen LogP contribution is 2.33. The van der Waals surface area contributed by atoms with Crippen LogP contribution in [-0.4, -0.2) is 17.1 Å². The minimum Gasteiger partial charge on any atom is -0.494 e. The summed E-state index contributed by atoms with van der Waals surface area (Å²) in [6.07, 6.45) is 0.686. The van der Waals surface area contributed by atoms with E-state index in [4.69, 9.17) is 37.9 Å². The summed E-state index contributed by atoms with van der Waals surface area (Å²) >= 11 is 12.4. The summed E-state index contributed by atoms with van der Waals surface area (Å²) in [6.45, 7) is 0. The first kappa shape index (κ1) is 17.8. The van der Waals surface area contributed by atoms with E-state index in [1.165, 1.54) is 5.56 Å². The van der Waals surface area contributed by atoms with Crippen LogP contribution >= 0.6 is 23.2 Å². The fourth-order valence-corrected chi connectivity index (χ4v) is 3.56. The zero-order chi connectivity index (χ0) is 18.8. The minimum absolute atomic E-state index is 0.516. The summed E-state index contributed by atoms with van der Waals surface area (Å²) in [5, 5.41) is 2.06. The summed E-state index contributed by atoms with van der Waals surface area (Å²) in [6, 6.07) is 21.4. The lowest BCUT2D eigenvalue weighted by atomic mass is 10.0. The summed E-state index contributed by atoms with van der Waals surface area (Å²) in [7, 11) is 1.64. The van der Waals surface area contributed by atoms with E-state index >= 15 is 0 Å². The molecule has 0 amide bonds. The third-order valence-corrected chi connectivity index (χ3v) is 4.92. The van der Waals surface area contributed by atoms with E-state index in [0.717, 1.165) is 22.2 Å². The molecule has 0 unspecified atom stereocenters. The van der Waals surface area contributed by atoms with Gasteiger partial charge in [-0.15, -0.1) is 0 Å². The molecule has 3 nitrogen and oxygen atoms in total. The van der Waals surface area contributed by atoms with Crippen molar-refractivity contribution in [3.05, 3.63) is 88.0 Å². The van der Waals surface area contributed by atoms with Crippen molar-refractivity contribution in [2.45, 2.75) is 6.42 Å². The lowest BCUT2D eigenvalue weighted by Gasteiger charge is -2.12. The van der Waals surface area contributed by atoms with Crippen LogP contribution in [0.15, 0.2) is 66.7 Å². The number of halogens is 2. The number of methoxy groups -OCH3 is 1. The van der Waals surface area contributed by atoms with Crippen LogP contribution in [0.1, 0.15) is 11.3 Å². The average molecular weight is 395 g/mol. The van der Waals surface area contributed by atoms with Gasteiger partial charge in [0.1, 0.15) is 11.3 Å². The Morgan fingerprint density at radius 1 is 0.889 bits per heavy atom. The fraction of sp³-hybridized carbons (Fsp3) is 0.0909. The monoisotopic (exact) mass is 394 g/mol. The van der Waals surface area contributed by atoms with Crippen molar-refractivity contribution in [3.8, 4) is 17.1 Å². The maximum Gasteiger partial charge on any atom is 0.161 e. The first-order valence-corrected chi connectivity index (χ1v) is 9.24. The first-order chi connectivity index (χ1) is 13.2. The fourth-order valence-electron chi connectivity index (χ4n) is 3.07. The van der Waals surface area contributed by atoms with Crippen LogP contribution in [0.5, 0.6) is 5.75 Å². The zero-order valence-electron chi connectivity index (χ0n) is 14.6. The van der Waals surface area contributed by atoms with E-state index in [2.05, 4.69) is 12.1 Å². The molecule has 134 valence electrons. The molecule has 0 radical (unpaired) electrons. The number of ether oxygens (including phenoxy) is 1. The molecule has 3 aromatic carbocycles. The van der Waals surface area contributed by atoms with E-state index in [-0.39, 0.29) is 0 Å². The molecule has 0 bridgehead atoms. The summed E-state index contributed by atoms with van der Waals surface area (Å²) in [4.78, 5) is 9.58. The Morgan fingerprint density at radius 2 is 1.70 bits per heavy atom. The lowest BCUT2D eigenvalue weighted by Crippen LogP contribution is -2.01. The van der Waals surface area contributed by atoms with E-state index in [1.807, 2.05) is 42.5 Å². The number of fused-ring (bicyclic) bond motifs is 1. The van der Waals surface area contributed by atoms with E-state index in [9.17, 15) is 0 Å². The minimum atomic E-state index is 0.516. The zero-order valence-corrected chi connectivity index (χ0v) is 16.1. The van der Waals surface area contributed by atoms with Gasteiger partial charge in [0.2, 0.25) is 0 Å². The third kappa shape index (κ3) is 3.61. The van der Waals surface area contributed by atoms with Gasteiger partial charge in [-0.2, -0.15) is 0 Å². The second-order valence-electron chi connectivity index (χ2n) is 6.14. The van der Waals surface area contributed by atoms with Gasteiger partial charge in [0.15, 0.2) is 5.82 Å². The molecule has 5 heteroatoms. The Hall–Kier alpha value is -2.62. The van der Waals surface area contributed by atoms with Gasteiger partial charge < -0.3 is 4.74 Å². The Labute approximate surface area is 167 Å². The Morgan fingerprint density at radius 3 is 2.44 bits per heavy atom. The Kier molecular flexibility index (Phi) is 4.97. The van der Waals surface area contributed by atoms with Crippen LogP contribution in [0.2, 0.25) is 10.0 Å². The maximum atomic E-state index is 6.41. The van der Waals surface area contributed by atoms with Gasteiger partial charge in [0.05, 0.1) is 17.8 Å². The highest BCUT2D eigenvalue weighted by Gasteiger charge is 2.15. The van der Waals surface area contributed by atoms with E-state index in [0.29, 0.717) is 28.0 Å². The van der Waals surface area contributed by atoms with Crippen molar-refractivity contribution in [2.24, 2.45) is 0 Å². The van der Waals surface area contributed by atoms with Gasteiger partial charge >= 0.3 is 0 Å². The van der Waals surface area contributed by atoms with Crippen LogP contribution < -0.4 is 4.74 Å². The molecule has 27 heavy (non-hydrogen) atoms. The van der Waals surface area contributed by atoms with Crippen molar-refractivity contribution in [1.29, 1.82) is 0 Å². The average Bonchev–Trinajstić information content (AvgIpc) is 2.68. The van der Waals surface area contributed by atoms with Crippen molar-refractivity contribution in [2.75, 3.05) is 7.11 Å². The van der Waals surface area contributed by atoms with Crippen LogP contribution in [0.25, 0.3) is 22.3 Å². The second-order valence-corrected chi connectivity index (χ2v) is 6.98. The number of para-hydroxylation sites is 1. The number of benzene rings is 3. The number of hydrogen-bond acceptors (Lipinski definition) is 3. The summed E-state index contributed by atoms with van der Waals surface area (Å²) < 4.78 is 5.53. The van der Waals surface area contributed by atoms with Crippen LogP contribution in [-0.2, 0) is 6.42 Å². The molecule has 1 aromatic heterocycles. The van der Waals surface area contributed by atoms with Gasteiger partial charge in [0, 0.05) is 22.4 Å². The first-order valence-electron chi connectivity index (χ1n) is 8.48. The molecular formula is C22H16Cl2N2O. The van der Waals surface area contributed by atoms with Gasteiger partial charge in [-0.25, -0.2) is 9.97 Å². The molecule has 1 heterocycles. The number of rotatable bonds is 4. The largest absolute Gasteiger partial charge is 0.494 e. The third-order valence-electron chi connectivity index (χ3n) is 4.37. The van der Waals surface area contributed by atoms with Crippen molar-refractivity contribution in [3.63, 3.8) is 0 Å². The van der Waals surface area contributed by atoms with E-state index < -0.39 is 0 Å². The van der Waals surface area contributed by atoms with Crippen LogP contribution in [0.4, 0.5) is 0 Å². The molecule has 0 aliphatic carbocycles. The van der Waals surface area contributed by atoms with Crippen molar-refractivity contribution >= 4 is 34.1 Å². The molecule has 0 aliphatic rings. The molecule has 0 atom stereocenters. The molecule has 0 saturated heterocycles. The highest BCUT2D eigenvalue weighted by molar-refractivity contribution is 6.36. The summed E-state index contributed by atoms with van der Waals surface area (Å²) in [5.74, 6) is 1.26. The molecule has 4 rings (SSSR count). The predicted octanol–water partition coefficient (Wildman–Crippen LogP) is 6.20. The molecular weight excluding hydrogens is 379 g/mol. The molecule has 4 aromatic rings. The lowest BCUT2D eigenvalue weighted by molar-refractivity contribution is 0.419. The van der Waals surface area contributed by atoms with Gasteiger partial charge in [-0.1, -0.05) is 65.7 Å². The molecule has 0 fully saturated rings. The summed E-state index contributed by atoms with van der Waals surface area (Å²) in [5.41, 5.74) is 3.60. The quantitative estimate of drug-likeness (QED) is 0.413. The molecule has 0 N–H and O–H groups in total. The number of hydrogen-bond donors (Lipinski definition) is 0. The number of nitrogens with zero attached hydrogens (tertiary/aromatic N) is 2. The van der Waals surface area contributed by atoms with E-state index in [1.54, 1.807) is 19.2 Å². The maximum absolute atomic E-state index is 6.41. The molecule has 0 saturated carbocycles. The topological polar surface area (TPSA) is 35.0 Å². The predicted molar refractivity (Wildman–Crippen MR) is 111 cm³/mol. The van der Waals surface area contributed by atoms with Crippen molar-refractivity contribution in [1.82, 2.24) is 9.97 Å². The van der Waals surface area contributed by atoms with Gasteiger partial charge in [-0.3, -0.25) is 0 Å². The Bertz CT molecular complexity index is 1110. The standard InChI is InChI=1S/C22H16Cl2N2O/c1-27-20-9-5-8-17-19(12-14-6-3-2-4-7-14)25-22(26-21(17)20)16-11-10-15(23)13-18(16)24/h2-11,13H,12H2,1H3. The smallest absolute Gasteiger partial charge is 0.161 e. The molecule has 0 aliphatic heterocycles. The number of aromatic nitrogens is 2. The SMILES string of the molecule is COc1cccc2c(Cc3ccccc3)nc(-c3ccc(Cl)cc3Cl)nc12. The van der Waals surface area contributed by atoms with Gasteiger partial charge in [-0.05, 0) is 29.8 Å². The van der Waals surface area contributed by atoms with Crippen LogP contribution in [0.3, 0.4) is 0 Å². The second kappa shape index (κ2) is 7.55. The van der Waals surface area contributed by atoms with Crippen LogP contribution in [0, 0.1) is 0 Å². The molecule has 0 spiro atoms. The van der Waals surface area contributed by atoms with Gasteiger partial charge in [0.25, 0.3) is 0 Å². The normalized spacial score (nSPS) is 10.9. The van der Waals surface area contributed by atoms with Crippen molar-refractivity contribution < 1.29 is 4.74 Å². The Balaban J connectivity index is 1.95.